The van der Waals surface area contributed by atoms with E-state index in [2.05, 4.69) is 260 Å². The molecule has 8 aromatic carbocycles. The Hall–Kier alpha value is -6.89. The normalized spacial score (nSPS) is 25.3. The molecule has 9 nitrogen and oxygen atoms in total. The van der Waals surface area contributed by atoms with Gasteiger partial charge in [0.1, 0.15) is 6.29 Å². The summed E-state index contributed by atoms with van der Waals surface area (Å²) in [6.07, 6.45) is 7.05. The summed E-state index contributed by atoms with van der Waals surface area (Å²) in [6.45, 7) is 18.3. The Morgan fingerprint density at radius 2 is 0.589 bits per heavy atom. The van der Waals surface area contributed by atoms with E-state index in [1.54, 1.807) is 0 Å². The molecule has 0 bridgehead atoms. The number of carbonyl (C=O) groups excluding carboxylic acids is 1. The number of aldehydes is 1. The summed E-state index contributed by atoms with van der Waals surface area (Å²) in [7, 11) is 0. The summed E-state index contributed by atoms with van der Waals surface area (Å²) in [5.74, 6) is 1.56. The molecule has 468 valence electrons. The Bertz CT molecular complexity index is 3230. The van der Waals surface area contributed by atoms with Crippen LogP contribution >= 0.6 is 0 Å². The Balaban J connectivity index is 0.000000132. The third-order valence-corrected chi connectivity index (χ3v) is 21.3. The zero-order valence-corrected chi connectivity index (χ0v) is 53.0. The molecule has 0 saturated carbocycles. The first kappa shape index (κ1) is 63.3. The SMILES string of the molecule is O=CC12CN(CCc3ccccc3)CCC1CN(Cc1ccccc1)C2.O[C@@H](c1ccccc1)C12CN(CCc3ccccc3)CCC1CN(Cc1ccccc1)C2.O[C@@H](c1ccccc1)C12CN(CCc3ccccc3)CCC1CN(Cc1ccccc1)C2. The van der Waals surface area contributed by atoms with Gasteiger partial charge in [0.2, 0.25) is 0 Å². The van der Waals surface area contributed by atoms with E-state index in [4.69, 9.17) is 0 Å². The van der Waals surface area contributed by atoms with Crippen molar-refractivity contribution < 1.29 is 15.0 Å². The van der Waals surface area contributed by atoms with Crippen LogP contribution in [0.1, 0.15) is 76.0 Å². The standard InChI is InChI=1S/2C29H34N2O.C23H28N2O/c2*32-28(26-14-8-3-9-15-26)29-22-30(18-16-24-10-4-1-5-11-24)19-17-27(29)21-31(23-29)20-25-12-6-2-7-13-25;26-19-23-17-24(13-11-20-7-3-1-4-8-20)14-12-22(23)16-25(18-23)15-21-9-5-2-6-10-21/h2*1-15,27-28,32H,16-23H2;1-10,19,22H,11-18H2/t2*27?,28-,29?;/m00./s1. The van der Waals surface area contributed by atoms with Crippen molar-refractivity contribution in [3.8, 4) is 0 Å². The van der Waals surface area contributed by atoms with Gasteiger partial charge in [-0.1, -0.05) is 243 Å². The molecular formula is C81H96N6O3. The number of fused-ring (bicyclic) bond motifs is 3. The van der Waals surface area contributed by atoms with Crippen molar-refractivity contribution in [2.45, 2.75) is 70.4 Å². The van der Waals surface area contributed by atoms with Gasteiger partial charge in [-0.25, -0.2) is 0 Å². The smallest absolute Gasteiger partial charge is 0.129 e. The highest BCUT2D eigenvalue weighted by Gasteiger charge is 2.56. The molecular weight excluding hydrogens is 1100 g/mol. The van der Waals surface area contributed by atoms with Gasteiger partial charge in [-0.3, -0.25) is 14.7 Å². The second-order valence-corrected chi connectivity index (χ2v) is 27.4. The second kappa shape index (κ2) is 30.5. The van der Waals surface area contributed by atoms with Crippen LogP contribution in [0.15, 0.2) is 243 Å². The molecule has 6 saturated heterocycles. The van der Waals surface area contributed by atoms with Gasteiger partial charge in [0.05, 0.1) is 17.6 Å². The largest absolute Gasteiger partial charge is 0.388 e. The van der Waals surface area contributed by atoms with Crippen LogP contribution in [0.25, 0.3) is 0 Å². The molecule has 6 unspecified atom stereocenters. The van der Waals surface area contributed by atoms with E-state index in [0.29, 0.717) is 17.8 Å². The van der Waals surface area contributed by atoms with Crippen molar-refractivity contribution in [2.24, 2.45) is 34.0 Å². The first-order chi connectivity index (χ1) is 44.2. The number of nitrogens with zero attached hydrogens (tertiary/aromatic N) is 6. The number of aliphatic hydroxyl groups excluding tert-OH is 2. The minimum atomic E-state index is -0.436. The van der Waals surface area contributed by atoms with Gasteiger partial charge in [0.25, 0.3) is 0 Å². The van der Waals surface area contributed by atoms with Crippen LogP contribution in [-0.4, -0.2) is 144 Å². The minimum Gasteiger partial charge on any atom is -0.388 e. The van der Waals surface area contributed by atoms with Gasteiger partial charge in [0, 0.05) is 109 Å². The number of hydrogen-bond acceptors (Lipinski definition) is 9. The van der Waals surface area contributed by atoms with E-state index in [-0.39, 0.29) is 16.2 Å². The van der Waals surface area contributed by atoms with E-state index >= 15 is 0 Å². The summed E-state index contributed by atoms with van der Waals surface area (Å²) in [5, 5.41) is 23.5. The average Bonchev–Trinajstić information content (AvgIpc) is 1.71. The predicted octanol–water partition coefficient (Wildman–Crippen LogP) is 12.8. The zero-order valence-electron chi connectivity index (χ0n) is 53.0. The average molecular weight is 1200 g/mol. The molecule has 14 rings (SSSR count). The van der Waals surface area contributed by atoms with Gasteiger partial charge in [-0.2, -0.15) is 0 Å². The van der Waals surface area contributed by atoms with E-state index in [0.717, 1.165) is 167 Å². The highest BCUT2D eigenvalue weighted by molar-refractivity contribution is 5.62. The zero-order chi connectivity index (χ0) is 61.4. The Kier molecular flexibility index (Phi) is 21.4. The number of benzene rings is 8. The van der Waals surface area contributed by atoms with E-state index in [9.17, 15) is 15.0 Å². The van der Waals surface area contributed by atoms with E-state index in [1.165, 1.54) is 39.7 Å². The van der Waals surface area contributed by atoms with Crippen LogP contribution in [0.5, 0.6) is 0 Å². The molecule has 90 heavy (non-hydrogen) atoms. The molecule has 6 heterocycles. The molecule has 9 heteroatoms. The van der Waals surface area contributed by atoms with Crippen molar-refractivity contribution >= 4 is 6.29 Å². The molecule has 2 N–H and O–H groups in total. The number of aliphatic hydroxyl groups is 2. The molecule has 0 amide bonds. The van der Waals surface area contributed by atoms with E-state index < -0.39 is 12.2 Å². The molecule has 0 aromatic heterocycles. The van der Waals surface area contributed by atoms with Crippen LogP contribution in [0.4, 0.5) is 0 Å². The number of rotatable bonds is 20. The molecule has 8 aromatic rings. The maximum Gasteiger partial charge on any atom is 0.129 e. The lowest BCUT2D eigenvalue weighted by atomic mass is 9.67. The third kappa shape index (κ3) is 15.7. The molecule has 8 atom stereocenters. The van der Waals surface area contributed by atoms with E-state index in [1.807, 2.05) is 12.1 Å². The fourth-order valence-electron chi connectivity index (χ4n) is 16.6. The Morgan fingerprint density at radius 1 is 0.333 bits per heavy atom. The molecule has 0 radical (unpaired) electrons. The predicted molar refractivity (Wildman–Crippen MR) is 365 cm³/mol. The second-order valence-electron chi connectivity index (χ2n) is 27.4. The Labute approximate surface area is 537 Å². The van der Waals surface area contributed by atoms with Gasteiger partial charge >= 0.3 is 0 Å². The summed E-state index contributed by atoms with van der Waals surface area (Å²) in [4.78, 5) is 27.5. The molecule has 0 aliphatic carbocycles. The van der Waals surface area contributed by atoms with Crippen molar-refractivity contribution in [1.29, 1.82) is 0 Å². The van der Waals surface area contributed by atoms with Crippen LogP contribution in [-0.2, 0) is 43.7 Å². The highest BCUT2D eigenvalue weighted by Crippen LogP contribution is 2.52. The van der Waals surface area contributed by atoms with Crippen molar-refractivity contribution in [3.63, 3.8) is 0 Å². The van der Waals surface area contributed by atoms with Crippen LogP contribution in [0.3, 0.4) is 0 Å². The van der Waals surface area contributed by atoms with Crippen LogP contribution in [0, 0.1) is 34.0 Å². The Morgan fingerprint density at radius 3 is 0.922 bits per heavy atom. The molecule has 6 aliphatic rings. The lowest BCUT2D eigenvalue weighted by Crippen LogP contribution is -2.52. The summed E-state index contributed by atoms with van der Waals surface area (Å²) < 4.78 is 0. The fourth-order valence-corrected chi connectivity index (χ4v) is 16.6. The maximum atomic E-state index is 12.1. The quantitative estimate of drug-likeness (QED) is 0.0726. The summed E-state index contributed by atoms with van der Waals surface area (Å²) in [5.41, 5.74) is 9.93. The number of piperidine rings is 3. The lowest BCUT2D eigenvalue weighted by Gasteiger charge is -2.47. The summed E-state index contributed by atoms with van der Waals surface area (Å²) >= 11 is 0. The first-order valence-electron chi connectivity index (χ1n) is 33.7. The van der Waals surface area contributed by atoms with Crippen molar-refractivity contribution in [2.75, 3.05) is 98.2 Å². The van der Waals surface area contributed by atoms with Crippen molar-refractivity contribution in [3.05, 3.63) is 287 Å². The lowest BCUT2D eigenvalue weighted by molar-refractivity contribution is -0.120. The van der Waals surface area contributed by atoms with Gasteiger partial charge in [-0.05, 0) is 120 Å². The minimum absolute atomic E-state index is 0.120. The third-order valence-electron chi connectivity index (χ3n) is 21.3. The number of likely N-dealkylation sites (tertiary alicyclic amines) is 6. The molecule has 6 aliphatic heterocycles. The molecule has 0 spiro atoms. The fraction of sp³-hybridized carbons (Fsp3) is 0.395. The monoisotopic (exact) mass is 1200 g/mol. The van der Waals surface area contributed by atoms with Gasteiger partial charge < -0.3 is 29.7 Å². The highest BCUT2D eigenvalue weighted by atomic mass is 16.3. The molecule has 6 fully saturated rings. The van der Waals surface area contributed by atoms with Gasteiger partial charge in [0.15, 0.2) is 0 Å². The van der Waals surface area contributed by atoms with Crippen LogP contribution in [0.2, 0.25) is 0 Å². The van der Waals surface area contributed by atoms with Crippen LogP contribution < -0.4 is 0 Å². The maximum absolute atomic E-state index is 12.1. The summed E-state index contributed by atoms with van der Waals surface area (Å²) in [6, 6.07) is 85.0. The first-order valence-corrected chi connectivity index (χ1v) is 33.7. The van der Waals surface area contributed by atoms with Gasteiger partial charge in [-0.15, -0.1) is 0 Å². The number of carbonyl (C=O) groups is 1. The van der Waals surface area contributed by atoms with Crippen molar-refractivity contribution in [1.82, 2.24) is 29.4 Å². The topological polar surface area (TPSA) is 77.0 Å². The number of hydrogen-bond donors (Lipinski definition) is 2.